The number of likely N-dealkylation sites (tertiary alicyclic amines) is 2. The van der Waals surface area contributed by atoms with Gasteiger partial charge < -0.3 is 53.2 Å². The molecule has 8 heteroatoms. The molecular weight excluding hydrogens is 660 g/mol. The predicted molar refractivity (Wildman–Crippen MR) is 155 cm³/mol. The molecule has 42 heavy (non-hydrogen) atoms. The van der Waals surface area contributed by atoms with Crippen molar-refractivity contribution >= 4 is 11.9 Å². The summed E-state index contributed by atoms with van der Waals surface area (Å²) in [5, 5.41) is 0. The summed E-state index contributed by atoms with van der Waals surface area (Å²) in [4.78, 5) is 30.6. The zero-order valence-electron chi connectivity index (χ0n) is 24.8. The molecule has 3 fully saturated rings. The van der Waals surface area contributed by atoms with Crippen LogP contribution in [0.1, 0.15) is 74.3 Å². The Bertz CT molecular complexity index is 968. The Labute approximate surface area is 273 Å². The monoisotopic (exact) mass is 706 g/mol. The number of piperidine rings is 2. The molecule has 0 unspecified atom stereocenters. The Morgan fingerprint density at radius 2 is 0.929 bits per heavy atom. The van der Waals surface area contributed by atoms with E-state index in [0.29, 0.717) is 13.2 Å². The number of ether oxygens (including phenoxy) is 2. The number of benzene rings is 2. The number of halogens is 2. The van der Waals surface area contributed by atoms with E-state index in [4.69, 9.17) is 9.47 Å². The largest absolute Gasteiger partial charge is 1.00 e. The van der Waals surface area contributed by atoms with Crippen LogP contribution < -0.4 is 43.8 Å². The Morgan fingerprint density at radius 1 is 0.571 bits per heavy atom. The number of nitrogens with one attached hydrogen (secondary N) is 2. The zero-order valence-corrected chi connectivity index (χ0v) is 28.0. The summed E-state index contributed by atoms with van der Waals surface area (Å²) in [7, 11) is 0. The third kappa shape index (κ3) is 9.13. The topological polar surface area (TPSA) is 61.5 Å². The minimum absolute atomic E-state index is 0. The molecule has 5 rings (SSSR count). The number of hydrogen-bond donors (Lipinski definition) is 2. The van der Waals surface area contributed by atoms with Crippen LogP contribution in [0, 0.1) is 11.8 Å². The molecule has 232 valence electrons. The van der Waals surface area contributed by atoms with Crippen molar-refractivity contribution in [3.8, 4) is 0 Å². The standard InChI is InChI=1S/C34H46N2O4.2BrH/c37-33(39-25-13-23-35-19-9-3-10-20-35)31-29(27-15-5-1-6-16-27)32(30(31)28-17-7-2-8-18-28)34(38)40-26-14-24-36-21-11-4-12-22-36;;/h1-2,5-8,15-18,29-32H,3-4,9-14,19-26H2;2*1H. The van der Waals surface area contributed by atoms with Crippen molar-refractivity contribution in [2.45, 2.75) is 63.2 Å². The van der Waals surface area contributed by atoms with Crippen LogP contribution in [0.3, 0.4) is 0 Å². The number of rotatable bonds is 12. The lowest BCUT2D eigenvalue weighted by Gasteiger charge is -2.49. The first-order valence-corrected chi connectivity index (χ1v) is 15.8. The third-order valence-electron chi connectivity index (χ3n) is 9.42. The summed E-state index contributed by atoms with van der Waals surface area (Å²) in [5.41, 5.74) is 2.02. The average Bonchev–Trinajstić information content (AvgIpc) is 2.99. The highest BCUT2D eigenvalue weighted by Gasteiger charge is 2.59. The van der Waals surface area contributed by atoms with Crippen molar-refractivity contribution in [3.63, 3.8) is 0 Å². The highest BCUT2D eigenvalue weighted by Crippen LogP contribution is 2.58. The first-order chi connectivity index (χ1) is 19.7. The van der Waals surface area contributed by atoms with Gasteiger partial charge in [0.25, 0.3) is 0 Å². The molecule has 2 aromatic rings. The van der Waals surface area contributed by atoms with Crippen LogP contribution in [0.2, 0.25) is 0 Å². The fourth-order valence-corrected chi connectivity index (χ4v) is 7.30. The summed E-state index contributed by atoms with van der Waals surface area (Å²) in [5.74, 6) is -1.66. The fraction of sp³-hybridized carbons (Fsp3) is 0.588. The van der Waals surface area contributed by atoms with Crippen LogP contribution in [-0.4, -0.2) is 64.4 Å². The molecule has 0 bridgehead atoms. The van der Waals surface area contributed by atoms with E-state index in [0.717, 1.165) is 37.1 Å². The van der Waals surface area contributed by atoms with Gasteiger partial charge in [0.05, 0.1) is 64.3 Å². The summed E-state index contributed by atoms with van der Waals surface area (Å²) >= 11 is 0. The number of carbonyl (C=O) groups is 2. The molecule has 2 N–H and O–H groups in total. The molecule has 1 aliphatic carbocycles. The SMILES string of the molecule is O=C(OCCC[NH+]1CCCCC1)C1C(c2ccccc2)C(C(=O)OCCC[NH+]2CCCCC2)C1c1ccccc1.[Br-].[Br-]. The van der Waals surface area contributed by atoms with Gasteiger partial charge in [-0.15, -0.1) is 0 Å². The van der Waals surface area contributed by atoms with Gasteiger partial charge >= 0.3 is 11.9 Å². The first kappa shape index (κ1) is 34.7. The van der Waals surface area contributed by atoms with Crippen molar-refractivity contribution < 1.29 is 62.8 Å². The molecule has 1 saturated carbocycles. The smallest absolute Gasteiger partial charge is 0.310 e. The first-order valence-electron chi connectivity index (χ1n) is 15.8. The number of esters is 2. The van der Waals surface area contributed by atoms with Gasteiger partial charge in [-0.1, -0.05) is 60.7 Å². The second kappa shape index (κ2) is 18.2. The second-order valence-electron chi connectivity index (χ2n) is 12.1. The molecule has 2 aromatic carbocycles. The summed E-state index contributed by atoms with van der Waals surface area (Å²) in [6.45, 7) is 7.90. The summed E-state index contributed by atoms with van der Waals surface area (Å²) in [6, 6.07) is 20.0. The van der Waals surface area contributed by atoms with Crippen LogP contribution in [-0.2, 0) is 19.1 Å². The molecule has 2 heterocycles. The normalized spacial score (nSPS) is 24.4. The molecule has 3 aliphatic rings. The number of hydrogen-bond acceptors (Lipinski definition) is 4. The molecular formula is C34H48Br2N2O4. The van der Waals surface area contributed by atoms with Crippen molar-refractivity contribution in [2.24, 2.45) is 11.8 Å². The summed E-state index contributed by atoms with van der Waals surface area (Å²) < 4.78 is 11.9. The van der Waals surface area contributed by atoms with E-state index in [1.807, 2.05) is 60.7 Å². The highest BCUT2D eigenvalue weighted by atomic mass is 79.9. The van der Waals surface area contributed by atoms with Gasteiger partial charge in [0.15, 0.2) is 0 Å². The number of carbonyl (C=O) groups excluding carboxylic acids is 2. The highest BCUT2D eigenvalue weighted by molar-refractivity contribution is 5.85. The molecule has 2 aliphatic heterocycles. The van der Waals surface area contributed by atoms with E-state index < -0.39 is 11.8 Å². The maximum absolute atomic E-state index is 13.7. The second-order valence-corrected chi connectivity index (χ2v) is 12.1. The maximum atomic E-state index is 13.7. The van der Waals surface area contributed by atoms with Gasteiger partial charge in [-0.3, -0.25) is 9.59 Å². The third-order valence-corrected chi connectivity index (χ3v) is 9.42. The van der Waals surface area contributed by atoms with E-state index >= 15 is 0 Å². The average molecular weight is 709 g/mol. The Hall–Kier alpha value is -1.74. The van der Waals surface area contributed by atoms with Crippen LogP contribution in [0.25, 0.3) is 0 Å². The molecule has 2 saturated heterocycles. The quantitative estimate of drug-likeness (QED) is 0.181. The molecule has 0 radical (unpaired) electrons. The lowest BCUT2D eigenvalue weighted by Crippen LogP contribution is -3.12. The van der Waals surface area contributed by atoms with Crippen molar-refractivity contribution in [3.05, 3.63) is 71.8 Å². The number of quaternary nitrogens is 2. The van der Waals surface area contributed by atoms with Gasteiger partial charge in [-0.05, 0) is 49.7 Å². The Kier molecular flexibility index (Phi) is 15.0. The zero-order chi connectivity index (χ0) is 27.6. The van der Waals surface area contributed by atoms with Gasteiger partial charge in [0.1, 0.15) is 0 Å². The van der Waals surface area contributed by atoms with Crippen molar-refractivity contribution in [1.29, 1.82) is 0 Å². The van der Waals surface area contributed by atoms with Crippen LogP contribution in [0.5, 0.6) is 0 Å². The van der Waals surface area contributed by atoms with Crippen LogP contribution in [0.15, 0.2) is 60.7 Å². The molecule has 0 amide bonds. The summed E-state index contributed by atoms with van der Waals surface area (Å²) in [6.07, 6.45) is 9.62. The van der Waals surface area contributed by atoms with Crippen molar-refractivity contribution in [2.75, 3.05) is 52.5 Å². The van der Waals surface area contributed by atoms with Crippen LogP contribution in [0.4, 0.5) is 0 Å². The maximum Gasteiger partial charge on any atom is 0.310 e. The Balaban J connectivity index is 0.00000242. The van der Waals surface area contributed by atoms with Gasteiger partial charge in [-0.2, -0.15) is 0 Å². The van der Waals surface area contributed by atoms with E-state index in [1.54, 1.807) is 9.80 Å². The van der Waals surface area contributed by atoms with E-state index in [2.05, 4.69) is 0 Å². The molecule has 0 atom stereocenters. The fourth-order valence-electron chi connectivity index (χ4n) is 7.30. The molecule has 0 aromatic heterocycles. The molecule has 6 nitrogen and oxygen atoms in total. The van der Waals surface area contributed by atoms with Gasteiger partial charge in [0, 0.05) is 24.7 Å². The van der Waals surface area contributed by atoms with Gasteiger partial charge in [0.2, 0.25) is 0 Å². The van der Waals surface area contributed by atoms with Crippen LogP contribution >= 0.6 is 0 Å². The van der Waals surface area contributed by atoms with Crippen molar-refractivity contribution in [1.82, 2.24) is 0 Å². The lowest BCUT2D eigenvalue weighted by atomic mass is 9.52. The minimum atomic E-state index is -0.400. The lowest BCUT2D eigenvalue weighted by molar-refractivity contribution is -0.905. The predicted octanol–water partition coefficient (Wildman–Crippen LogP) is -3.19. The van der Waals surface area contributed by atoms with E-state index in [9.17, 15) is 9.59 Å². The van der Waals surface area contributed by atoms with Gasteiger partial charge in [-0.25, -0.2) is 0 Å². The molecule has 0 spiro atoms. The van der Waals surface area contributed by atoms with E-state index in [1.165, 1.54) is 64.7 Å². The minimum Gasteiger partial charge on any atom is -1.00 e. The van der Waals surface area contributed by atoms with E-state index in [-0.39, 0.29) is 57.7 Å². The Morgan fingerprint density at radius 3 is 1.29 bits per heavy atom.